The fourth-order valence-corrected chi connectivity index (χ4v) is 1.97. The molecule has 0 spiro atoms. The molecule has 0 aliphatic carbocycles. The smallest absolute Gasteiger partial charge is 0.410 e. The molecule has 140 valence electrons. The number of nitrogens with one attached hydrogen (secondary N) is 2. The molecular weight excluding hydrogens is 332 g/mol. The van der Waals surface area contributed by atoms with Crippen molar-refractivity contribution in [1.29, 1.82) is 0 Å². The predicted molar refractivity (Wildman–Crippen MR) is 102 cm³/mol. The van der Waals surface area contributed by atoms with Crippen LogP contribution in [0.3, 0.4) is 0 Å². The first kappa shape index (κ1) is 21.0. The van der Waals surface area contributed by atoms with E-state index < -0.39 is 12.2 Å². The SMILES string of the molecule is CNC(=O)Oc1cc(C)cc(C(C)C)c1.CNC(=O)Oc1ccccc1. The molecule has 6 nitrogen and oxygen atoms in total. The van der Waals surface area contributed by atoms with Crippen LogP contribution >= 0.6 is 0 Å². The number of ether oxygens (including phenoxy) is 2. The van der Waals surface area contributed by atoms with Gasteiger partial charge in [-0.15, -0.1) is 0 Å². The van der Waals surface area contributed by atoms with Crippen LogP contribution in [0.2, 0.25) is 0 Å². The van der Waals surface area contributed by atoms with Crippen molar-refractivity contribution >= 4 is 12.2 Å². The number of benzene rings is 2. The number of hydrogen-bond donors (Lipinski definition) is 2. The maximum absolute atomic E-state index is 11.0. The molecule has 6 heteroatoms. The summed E-state index contributed by atoms with van der Waals surface area (Å²) in [6.45, 7) is 6.21. The van der Waals surface area contributed by atoms with E-state index >= 15 is 0 Å². The first-order chi connectivity index (χ1) is 12.3. The standard InChI is InChI=1S/C12H17NO2.C8H9NO2/c1-8(2)10-5-9(3)6-11(7-10)15-12(14)13-4;1-9-8(10)11-7-5-3-2-4-6-7/h5-8H,1-4H3,(H,13,14);2-6H,1H3,(H,9,10). The van der Waals surface area contributed by atoms with E-state index in [2.05, 4.69) is 30.5 Å². The van der Waals surface area contributed by atoms with E-state index in [1.165, 1.54) is 12.6 Å². The minimum absolute atomic E-state index is 0.428. The third-order valence-electron chi connectivity index (χ3n) is 3.31. The van der Waals surface area contributed by atoms with Crippen molar-refractivity contribution in [2.75, 3.05) is 14.1 Å². The molecule has 0 atom stereocenters. The minimum Gasteiger partial charge on any atom is -0.410 e. The van der Waals surface area contributed by atoms with E-state index in [-0.39, 0.29) is 0 Å². The zero-order valence-electron chi connectivity index (χ0n) is 15.8. The van der Waals surface area contributed by atoms with Gasteiger partial charge in [-0.25, -0.2) is 9.59 Å². The zero-order chi connectivity index (χ0) is 19.5. The zero-order valence-corrected chi connectivity index (χ0v) is 15.8. The van der Waals surface area contributed by atoms with E-state index in [1.807, 2.05) is 25.1 Å². The number of hydrogen-bond acceptors (Lipinski definition) is 4. The van der Waals surface area contributed by atoms with Crippen molar-refractivity contribution in [1.82, 2.24) is 10.6 Å². The summed E-state index contributed by atoms with van der Waals surface area (Å²) in [5.74, 6) is 1.57. The van der Waals surface area contributed by atoms with Crippen LogP contribution in [-0.2, 0) is 0 Å². The Hall–Kier alpha value is -3.02. The minimum atomic E-state index is -0.448. The molecule has 2 rings (SSSR count). The van der Waals surface area contributed by atoms with Gasteiger partial charge in [-0.1, -0.05) is 38.1 Å². The summed E-state index contributed by atoms with van der Waals surface area (Å²) < 4.78 is 9.90. The predicted octanol–water partition coefficient (Wildman–Crippen LogP) is 4.24. The Morgan fingerprint density at radius 2 is 1.38 bits per heavy atom. The first-order valence-corrected chi connectivity index (χ1v) is 8.31. The monoisotopic (exact) mass is 358 g/mol. The second kappa shape index (κ2) is 10.8. The quantitative estimate of drug-likeness (QED) is 0.860. The van der Waals surface area contributed by atoms with Crippen LogP contribution < -0.4 is 20.1 Å². The number of amides is 2. The van der Waals surface area contributed by atoms with Crippen LogP contribution in [0.1, 0.15) is 30.9 Å². The summed E-state index contributed by atoms with van der Waals surface area (Å²) in [7, 11) is 3.06. The molecule has 0 heterocycles. The van der Waals surface area contributed by atoms with Gasteiger partial charge in [0.2, 0.25) is 0 Å². The van der Waals surface area contributed by atoms with Crippen LogP contribution in [0.4, 0.5) is 9.59 Å². The lowest BCUT2D eigenvalue weighted by Gasteiger charge is -2.10. The highest BCUT2D eigenvalue weighted by Gasteiger charge is 2.06. The van der Waals surface area contributed by atoms with Gasteiger partial charge in [0.05, 0.1) is 0 Å². The van der Waals surface area contributed by atoms with Crippen molar-refractivity contribution in [2.24, 2.45) is 0 Å². The molecule has 0 saturated heterocycles. The molecule has 2 aromatic rings. The molecule has 2 aromatic carbocycles. The lowest BCUT2D eigenvalue weighted by atomic mass is 10.0. The van der Waals surface area contributed by atoms with Gasteiger partial charge >= 0.3 is 12.2 Å². The summed E-state index contributed by atoms with van der Waals surface area (Å²) in [5.41, 5.74) is 2.27. The Labute approximate surface area is 154 Å². The van der Waals surface area contributed by atoms with Crippen molar-refractivity contribution < 1.29 is 19.1 Å². The molecule has 2 N–H and O–H groups in total. The highest BCUT2D eigenvalue weighted by Crippen LogP contribution is 2.22. The number of aryl methyl sites for hydroxylation is 1. The normalized spacial score (nSPS) is 9.62. The number of carbonyl (C=O) groups is 2. The van der Waals surface area contributed by atoms with Gasteiger partial charge in [0.25, 0.3) is 0 Å². The summed E-state index contributed by atoms with van der Waals surface area (Å²) >= 11 is 0. The second-order valence-electron chi connectivity index (χ2n) is 5.83. The van der Waals surface area contributed by atoms with E-state index in [4.69, 9.17) is 9.47 Å². The second-order valence-corrected chi connectivity index (χ2v) is 5.83. The van der Waals surface area contributed by atoms with Crippen molar-refractivity contribution in [3.63, 3.8) is 0 Å². The Morgan fingerprint density at radius 1 is 0.846 bits per heavy atom. The molecule has 26 heavy (non-hydrogen) atoms. The lowest BCUT2D eigenvalue weighted by Crippen LogP contribution is -2.22. The van der Waals surface area contributed by atoms with Gasteiger partial charge in [-0.3, -0.25) is 0 Å². The van der Waals surface area contributed by atoms with Crippen LogP contribution in [0.15, 0.2) is 48.5 Å². The van der Waals surface area contributed by atoms with Gasteiger partial charge in [0.15, 0.2) is 0 Å². The largest absolute Gasteiger partial charge is 0.412 e. The molecule has 0 aromatic heterocycles. The average molecular weight is 358 g/mol. The Kier molecular flexibility index (Phi) is 8.70. The van der Waals surface area contributed by atoms with Crippen molar-refractivity contribution in [2.45, 2.75) is 26.7 Å². The summed E-state index contributed by atoms with van der Waals surface area (Å²) in [6, 6.07) is 14.7. The summed E-state index contributed by atoms with van der Waals surface area (Å²) in [5, 5.41) is 4.77. The molecule has 2 amide bonds. The highest BCUT2D eigenvalue weighted by molar-refractivity contribution is 5.70. The molecule has 0 bridgehead atoms. The van der Waals surface area contributed by atoms with E-state index in [1.54, 1.807) is 31.3 Å². The maximum Gasteiger partial charge on any atom is 0.412 e. The molecule has 0 unspecified atom stereocenters. The Bertz CT molecular complexity index is 715. The first-order valence-electron chi connectivity index (χ1n) is 8.31. The van der Waals surface area contributed by atoms with E-state index in [0.29, 0.717) is 17.4 Å². The van der Waals surface area contributed by atoms with Gasteiger partial charge < -0.3 is 20.1 Å². The van der Waals surface area contributed by atoms with Crippen LogP contribution in [-0.4, -0.2) is 26.3 Å². The third-order valence-corrected chi connectivity index (χ3v) is 3.31. The topological polar surface area (TPSA) is 76.7 Å². The van der Waals surface area contributed by atoms with Crippen molar-refractivity contribution in [3.05, 3.63) is 59.7 Å². The maximum atomic E-state index is 11.0. The number of carbonyl (C=O) groups excluding carboxylic acids is 2. The van der Waals surface area contributed by atoms with Gasteiger partial charge in [-0.2, -0.15) is 0 Å². The highest BCUT2D eigenvalue weighted by atomic mass is 16.6. The van der Waals surface area contributed by atoms with Crippen molar-refractivity contribution in [3.8, 4) is 11.5 Å². The summed E-state index contributed by atoms with van der Waals surface area (Å²) in [6.07, 6.45) is -0.883. The van der Waals surface area contributed by atoms with Crippen LogP contribution in [0.5, 0.6) is 11.5 Å². The molecular formula is C20H26N2O4. The molecule has 0 aliphatic rings. The third kappa shape index (κ3) is 7.70. The summed E-state index contributed by atoms with van der Waals surface area (Å²) in [4.78, 5) is 21.7. The number of rotatable bonds is 3. The fraction of sp³-hybridized carbons (Fsp3) is 0.300. The van der Waals surface area contributed by atoms with Gasteiger partial charge in [0.1, 0.15) is 11.5 Å². The fourth-order valence-electron chi connectivity index (χ4n) is 1.97. The van der Waals surface area contributed by atoms with Gasteiger partial charge in [-0.05, 0) is 48.2 Å². The van der Waals surface area contributed by atoms with Crippen LogP contribution in [0.25, 0.3) is 0 Å². The van der Waals surface area contributed by atoms with E-state index in [0.717, 1.165) is 5.56 Å². The van der Waals surface area contributed by atoms with E-state index in [9.17, 15) is 9.59 Å². The number of para-hydroxylation sites is 1. The molecule has 0 saturated carbocycles. The Morgan fingerprint density at radius 3 is 1.88 bits per heavy atom. The Balaban J connectivity index is 0.000000273. The van der Waals surface area contributed by atoms with Gasteiger partial charge in [0, 0.05) is 14.1 Å². The van der Waals surface area contributed by atoms with Crippen LogP contribution in [0, 0.1) is 6.92 Å². The molecule has 0 radical (unpaired) electrons. The molecule has 0 aliphatic heterocycles. The average Bonchev–Trinajstić information content (AvgIpc) is 2.62. The molecule has 0 fully saturated rings. The lowest BCUT2D eigenvalue weighted by molar-refractivity contribution is 0.202.